The highest BCUT2D eigenvalue weighted by molar-refractivity contribution is 6.16. The monoisotopic (exact) mass is 1160 g/mol. The molecule has 3 aliphatic carbocycles. The fourth-order valence-corrected chi connectivity index (χ4v) is 15.8. The molecule has 2 nitrogen and oxygen atoms in total. The quantitative estimate of drug-likeness (QED) is 0.0995. The molecule has 434 valence electrons. The molecule has 0 bridgehead atoms. The molecule has 14 aromatic carbocycles. The van der Waals surface area contributed by atoms with Gasteiger partial charge in [0.1, 0.15) is 0 Å². The molecule has 0 aliphatic heterocycles. The molecule has 91 heavy (non-hydrogen) atoms. The van der Waals surface area contributed by atoms with Gasteiger partial charge in [-0.1, -0.05) is 284 Å². The van der Waals surface area contributed by atoms with E-state index in [1.807, 2.05) is 0 Å². The number of fused-ring (bicyclic) bond motifs is 15. The van der Waals surface area contributed by atoms with Crippen molar-refractivity contribution in [2.45, 2.75) is 57.8 Å². The van der Waals surface area contributed by atoms with Crippen LogP contribution < -0.4 is 9.80 Å². The maximum Gasteiger partial charge on any atom is 0.0546 e. The van der Waals surface area contributed by atoms with Crippen LogP contribution in [0.3, 0.4) is 0 Å². The van der Waals surface area contributed by atoms with Crippen molar-refractivity contribution in [1.29, 1.82) is 0 Å². The molecule has 0 heterocycles. The van der Waals surface area contributed by atoms with Gasteiger partial charge in [-0.05, 0) is 182 Å². The van der Waals surface area contributed by atoms with Gasteiger partial charge in [0.05, 0.1) is 11.4 Å². The molecular weight excluding hydrogens is 1100 g/mol. The SMILES string of the molecule is CC1(C)c2cc(/C=C/c3ccc4c(c3)C(C)(C)c3cc(N(c5ccccc5)c5cc6ccccc6c6ccccc56)ccc3-4)ccc2-c2ccc(/C=C/c3ccc4c(c3)C(C)(C)c3cc(N(c5ccccc5)c5cc6ccccc6c6ccccc56)ccc3-4)cc21. The summed E-state index contributed by atoms with van der Waals surface area (Å²) in [6.07, 6.45) is 9.21. The van der Waals surface area contributed by atoms with E-state index >= 15 is 0 Å². The van der Waals surface area contributed by atoms with E-state index < -0.39 is 0 Å². The first kappa shape index (κ1) is 54.4. The number of hydrogen-bond donors (Lipinski definition) is 0. The van der Waals surface area contributed by atoms with E-state index in [0.717, 1.165) is 22.7 Å². The van der Waals surface area contributed by atoms with Crippen molar-refractivity contribution in [1.82, 2.24) is 0 Å². The van der Waals surface area contributed by atoms with Gasteiger partial charge in [0.25, 0.3) is 0 Å². The number of nitrogens with zero attached hydrogens (tertiary/aromatic N) is 2. The van der Waals surface area contributed by atoms with Gasteiger partial charge in [0.2, 0.25) is 0 Å². The van der Waals surface area contributed by atoms with Crippen molar-refractivity contribution in [2.24, 2.45) is 0 Å². The maximum absolute atomic E-state index is 2.45. The molecule has 0 aromatic heterocycles. The Morgan fingerprint density at radius 2 is 0.484 bits per heavy atom. The number of hydrogen-bond acceptors (Lipinski definition) is 2. The van der Waals surface area contributed by atoms with E-state index in [2.05, 4.69) is 355 Å². The minimum absolute atomic E-state index is 0.169. The molecule has 0 amide bonds. The lowest BCUT2D eigenvalue weighted by atomic mass is 9.81. The average molecular weight is 1170 g/mol. The first-order valence-corrected chi connectivity index (χ1v) is 32.1. The Hall–Kier alpha value is -10.8. The van der Waals surface area contributed by atoms with Crippen molar-refractivity contribution in [3.63, 3.8) is 0 Å². The van der Waals surface area contributed by atoms with E-state index in [9.17, 15) is 0 Å². The zero-order valence-electron chi connectivity index (χ0n) is 52.3. The molecule has 17 rings (SSSR count). The summed E-state index contributed by atoms with van der Waals surface area (Å²) in [4.78, 5) is 4.90. The predicted octanol–water partition coefficient (Wildman–Crippen LogP) is 24.5. The van der Waals surface area contributed by atoms with Crippen LogP contribution in [-0.2, 0) is 16.2 Å². The Morgan fingerprint density at radius 3 is 0.813 bits per heavy atom. The second-order valence-corrected chi connectivity index (χ2v) is 26.9. The van der Waals surface area contributed by atoms with Crippen LogP contribution in [0.5, 0.6) is 0 Å². The molecule has 2 heteroatoms. The van der Waals surface area contributed by atoms with Crippen LogP contribution in [0.4, 0.5) is 34.1 Å². The van der Waals surface area contributed by atoms with E-state index in [0.29, 0.717) is 0 Å². The highest BCUT2D eigenvalue weighted by Crippen LogP contribution is 2.55. The smallest absolute Gasteiger partial charge is 0.0546 e. The minimum atomic E-state index is -0.214. The fraction of sp³-hybridized carbons (Fsp3) is 0.101. The van der Waals surface area contributed by atoms with Gasteiger partial charge in [-0.15, -0.1) is 0 Å². The summed E-state index contributed by atoms with van der Waals surface area (Å²) in [5.74, 6) is 0. The Kier molecular flexibility index (Phi) is 12.3. The molecule has 0 atom stereocenters. The molecule has 0 unspecified atom stereocenters. The Labute approximate surface area is 534 Å². The molecule has 0 radical (unpaired) electrons. The van der Waals surface area contributed by atoms with Crippen LogP contribution >= 0.6 is 0 Å². The largest absolute Gasteiger partial charge is 0.310 e. The van der Waals surface area contributed by atoms with Gasteiger partial charge in [-0.3, -0.25) is 0 Å². The zero-order chi connectivity index (χ0) is 61.3. The third-order valence-electron chi connectivity index (χ3n) is 20.5. The third kappa shape index (κ3) is 8.68. The van der Waals surface area contributed by atoms with E-state index in [4.69, 9.17) is 0 Å². The molecule has 3 aliphatic rings. The van der Waals surface area contributed by atoms with E-state index in [-0.39, 0.29) is 16.2 Å². The summed E-state index contributed by atoms with van der Waals surface area (Å²) in [5, 5.41) is 9.99. The lowest BCUT2D eigenvalue weighted by molar-refractivity contribution is 0.660. The van der Waals surface area contributed by atoms with E-state index in [1.165, 1.54) is 143 Å². The molecule has 0 saturated carbocycles. The topological polar surface area (TPSA) is 6.48 Å². The van der Waals surface area contributed by atoms with Crippen molar-refractivity contribution in [3.05, 3.63) is 335 Å². The summed E-state index contributed by atoms with van der Waals surface area (Å²) in [5.41, 5.74) is 27.2. The standard InChI is InChI=1S/C89H68N2/c1-87(2)79-49-57(33-35-59-39-45-73-75-47-41-65(55-83(75)88(3,4)81(73)51-59)90(63-23-9-7-10-24-63)85-53-61-21-13-15-27-67(61)69-29-17-19-31-77(69)85)37-43-71(79)72-44-38-58(50-80(72)87)34-36-60-40-46-74-76-48-42-66(56-84(76)89(5,6)82(74)52-60)91(64-25-11-8-12-26-64)86-54-62-22-14-16-28-68(62)70-30-18-20-32-78(70)86/h7-56H,1-6H3/b35-33+,36-34+. The first-order valence-electron chi connectivity index (χ1n) is 32.1. The maximum atomic E-state index is 2.45. The van der Waals surface area contributed by atoms with Crippen LogP contribution in [-0.4, -0.2) is 0 Å². The predicted molar refractivity (Wildman–Crippen MR) is 389 cm³/mol. The minimum Gasteiger partial charge on any atom is -0.310 e. The number of rotatable bonds is 10. The summed E-state index contributed by atoms with van der Waals surface area (Å²) in [7, 11) is 0. The number of para-hydroxylation sites is 2. The number of anilines is 6. The summed E-state index contributed by atoms with van der Waals surface area (Å²) >= 11 is 0. The zero-order valence-corrected chi connectivity index (χ0v) is 52.3. The van der Waals surface area contributed by atoms with Crippen LogP contribution in [0.25, 0.3) is 101 Å². The molecule has 0 saturated heterocycles. The molecule has 0 fully saturated rings. The second kappa shape index (κ2) is 20.6. The van der Waals surface area contributed by atoms with Gasteiger partial charge in [0.15, 0.2) is 0 Å². The summed E-state index contributed by atoms with van der Waals surface area (Å²) in [6, 6.07) is 104. The third-order valence-corrected chi connectivity index (χ3v) is 20.5. The highest BCUT2D eigenvalue weighted by Gasteiger charge is 2.39. The van der Waals surface area contributed by atoms with Gasteiger partial charge in [-0.25, -0.2) is 0 Å². The van der Waals surface area contributed by atoms with Crippen LogP contribution in [0.2, 0.25) is 0 Å². The second-order valence-electron chi connectivity index (χ2n) is 26.9. The van der Waals surface area contributed by atoms with Crippen molar-refractivity contribution < 1.29 is 0 Å². The van der Waals surface area contributed by atoms with Crippen LogP contribution in [0, 0.1) is 0 Å². The van der Waals surface area contributed by atoms with E-state index in [1.54, 1.807) is 0 Å². The number of benzene rings is 14. The Balaban J connectivity index is 0.624. The lowest BCUT2D eigenvalue weighted by Crippen LogP contribution is -2.17. The van der Waals surface area contributed by atoms with Crippen molar-refractivity contribution in [3.8, 4) is 33.4 Å². The molecular formula is C89H68N2. The fourth-order valence-electron chi connectivity index (χ4n) is 15.8. The van der Waals surface area contributed by atoms with Gasteiger partial charge in [0, 0.05) is 49.8 Å². The van der Waals surface area contributed by atoms with Crippen LogP contribution in [0.15, 0.2) is 279 Å². The van der Waals surface area contributed by atoms with Gasteiger partial charge in [-0.2, -0.15) is 0 Å². The van der Waals surface area contributed by atoms with Crippen molar-refractivity contribution in [2.75, 3.05) is 9.80 Å². The van der Waals surface area contributed by atoms with Gasteiger partial charge < -0.3 is 9.80 Å². The molecule has 14 aromatic rings. The summed E-state index contributed by atoms with van der Waals surface area (Å²) < 4.78 is 0. The molecule has 0 spiro atoms. The Morgan fingerprint density at radius 1 is 0.220 bits per heavy atom. The first-order chi connectivity index (χ1) is 44.4. The summed E-state index contributed by atoms with van der Waals surface area (Å²) in [6.45, 7) is 14.4. The lowest BCUT2D eigenvalue weighted by Gasteiger charge is -2.29. The normalized spacial score (nSPS) is 14.4. The highest BCUT2D eigenvalue weighted by atomic mass is 15.1. The Bertz CT molecular complexity index is 5050. The van der Waals surface area contributed by atoms with Gasteiger partial charge >= 0.3 is 0 Å². The molecule has 0 N–H and O–H groups in total. The average Bonchev–Trinajstić information content (AvgIpc) is 1.67. The van der Waals surface area contributed by atoms with Crippen molar-refractivity contribution >= 4 is 102 Å². The van der Waals surface area contributed by atoms with Crippen LogP contribution in [0.1, 0.15) is 97.2 Å².